The average molecular weight is 455 g/mol. The summed E-state index contributed by atoms with van der Waals surface area (Å²) in [4.78, 5) is 0. The Kier molecular flexibility index (Phi) is 9.39. The van der Waals surface area contributed by atoms with Gasteiger partial charge in [-0.15, -0.1) is 17.6 Å². The SMILES string of the molecule is CC(C)[O-].Cc1ccc2c(-c3c([O-])ccc4cc(C)ccc34)c([O-])ccc2c1.[Cl-].[Ti+4]. The fraction of sp³-hybridized carbons (Fsp3) is 0.200. The molecule has 30 heavy (non-hydrogen) atoms. The monoisotopic (exact) mass is 454 g/mol. The molecule has 0 N–H and O–H groups in total. The van der Waals surface area contributed by atoms with Gasteiger partial charge < -0.3 is 27.7 Å². The van der Waals surface area contributed by atoms with E-state index in [0.717, 1.165) is 32.7 Å². The van der Waals surface area contributed by atoms with Gasteiger partial charge in [0.05, 0.1) is 0 Å². The summed E-state index contributed by atoms with van der Waals surface area (Å²) in [6, 6.07) is 18.7. The predicted molar refractivity (Wildman–Crippen MR) is 110 cm³/mol. The van der Waals surface area contributed by atoms with Crippen molar-refractivity contribution in [2.45, 2.75) is 33.8 Å². The Bertz CT molecular complexity index is 1060. The van der Waals surface area contributed by atoms with Crippen LogP contribution in [0.3, 0.4) is 0 Å². The maximum atomic E-state index is 12.6. The summed E-state index contributed by atoms with van der Waals surface area (Å²) in [6.07, 6.45) is -0.417. The second kappa shape index (κ2) is 10.8. The van der Waals surface area contributed by atoms with Crippen molar-refractivity contribution in [3.05, 3.63) is 71.8 Å². The van der Waals surface area contributed by atoms with E-state index < -0.39 is 6.10 Å². The second-order valence-electron chi connectivity index (χ2n) is 7.38. The van der Waals surface area contributed by atoms with E-state index in [1.807, 2.05) is 62.4 Å². The average Bonchev–Trinajstić information content (AvgIpc) is 2.62. The molecule has 0 aliphatic heterocycles. The standard InChI is InChI=1S/C22H18O2.C3H7O.ClH.Ti/c1-13-3-7-17-15(11-13)5-9-19(23)21(17)22-18-8-4-14(2)12-16(18)6-10-20(22)24;1-3(2)4;;/h3-12,23-24H,1-2H3;3H,1-2H3;1H;/q;-1;;+4/p-3. The van der Waals surface area contributed by atoms with Crippen LogP contribution in [0.15, 0.2) is 60.7 Å². The molecule has 0 saturated heterocycles. The summed E-state index contributed by atoms with van der Waals surface area (Å²) in [7, 11) is 0. The van der Waals surface area contributed by atoms with Crippen molar-refractivity contribution in [1.29, 1.82) is 0 Å². The molecule has 4 aromatic carbocycles. The van der Waals surface area contributed by atoms with Crippen molar-refractivity contribution in [2.75, 3.05) is 0 Å². The minimum absolute atomic E-state index is 0. The minimum Gasteiger partial charge on any atom is -1.00 e. The molecular formula is C25H23ClO3Ti. The van der Waals surface area contributed by atoms with Crippen molar-refractivity contribution in [3.8, 4) is 22.6 Å². The number of hydrogen-bond donors (Lipinski definition) is 0. The molecule has 0 spiro atoms. The first-order chi connectivity index (χ1) is 13.3. The van der Waals surface area contributed by atoms with Gasteiger partial charge in [0, 0.05) is 0 Å². The maximum absolute atomic E-state index is 12.6. The first kappa shape index (κ1) is 26.0. The predicted octanol–water partition coefficient (Wildman–Crippen LogP) is 1.18. The van der Waals surface area contributed by atoms with Gasteiger partial charge in [0.2, 0.25) is 0 Å². The van der Waals surface area contributed by atoms with Crippen LogP contribution in [0.25, 0.3) is 32.7 Å². The molecule has 152 valence electrons. The van der Waals surface area contributed by atoms with E-state index in [9.17, 15) is 15.3 Å². The third-order valence-corrected chi connectivity index (χ3v) is 4.52. The molecule has 0 radical (unpaired) electrons. The van der Waals surface area contributed by atoms with Crippen molar-refractivity contribution in [3.63, 3.8) is 0 Å². The molecule has 0 fully saturated rings. The zero-order chi connectivity index (χ0) is 20.4. The van der Waals surface area contributed by atoms with Crippen LogP contribution < -0.4 is 27.7 Å². The van der Waals surface area contributed by atoms with E-state index in [0.29, 0.717) is 11.1 Å². The van der Waals surface area contributed by atoms with Crippen LogP contribution in [0, 0.1) is 13.8 Å². The molecule has 3 nitrogen and oxygen atoms in total. The molecule has 0 amide bonds. The zero-order valence-electron chi connectivity index (χ0n) is 17.5. The van der Waals surface area contributed by atoms with Crippen LogP contribution in [0.4, 0.5) is 0 Å². The van der Waals surface area contributed by atoms with Crippen molar-refractivity contribution < 1.29 is 49.4 Å². The second-order valence-corrected chi connectivity index (χ2v) is 7.38. The van der Waals surface area contributed by atoms with Gasteiger partial charge >= 0.3 is 21.7 Å². The van der Waals surface area contributed by atoms with Crippen molar-refractivity contribution in [2.24, 2.45) is 0 Å². The van der Waals surface area contributed by atoms with Gasteiger partial charge in [0.15, 0.2) is 0 Å². The van der Waals surface area contributed by atoms with E-state index in [4.69, 9.17) is 0 Å². The third-order valence-electron chi connectivity index (χ3n) is 4.52. The molecule has 0 aromatic heterocycles. The maximum Gasteiger partial charge on any atom is 4.00 e. The number of hydrogen-bond acceptors (Lipinski definition) is 3. The normalized spacial score (nSPS) is 10.2. The van der Waals surface area contributed by atoms with Gasteiger partial charge in [0.1, 0.15) is 0 Å². The Hall–Kier alpha value is -2.04. The molecule has 5 heteroatoms. The molecule has 0 bridgehead atoms. The molecule has 0 aliphatic carbocycles. The van der Waals surface area contributed by atoms with Gasteiger partial charge in [-0.3, -0.25) is 0 Å². The van der Waals surface area contributed by atoms with Gasteiger partial charge in [-0.2, -0.15) is 0 Å². The summed E-state index contributed by atoms with van der Waals surface area (Å²) >= 11 is 0. The summed E-state index contributed by atoms with van der Waals surface area (Å²) in [6.45, 7) is 7.26. The molecule has 0 unspecified atom stereocenters. The molecule has 0 heterocycles. The number of fused-ring (bicyclic) bond motifs is 2. The Morgan fingerprint density at radius 1 is 0.633 bits per heavy atom. The van der Waals surface area contributed by atoms with Crippen molar-refractivity contribution in [1.82, 2.24) is 0 Å². The van der Waals surface area contributed by atoms with Gasteiger partial charge in [-0.1, -0.05) is 85.6 Å². The molecule has 0 aliphatic rings. The zero-order valence-corrected chi connectivity index (χ0v) is 19.8. The van der Waals surface area contributed by atoms with E-state index in [1.54, 1.807) is 26.0 Å². The van der Waals surface area contributed by atoms with Crippen molar-refractivity contribution >= 4 is 21.5 Å². The van der Waals surface area contributed by atoms with Gasteiger partial charge in [0.25, 0.3) is 0 Å². The van der Waals surface area contributed by atoms with Gasteiger partial charge in [-0.05, 0) is 46.5 Å². The molecular weight excluding hydrogens is 432 g/mol. The summed E-state index contributed by atoms with van der Waals surface area (Å²) in [5.41, 5.74) is 3.27. The Morgan fingerprint density at radius 3 is 1.30 bits per heavy atom. The fourth-order valence-electron chi connectivity index (χ4n) is 3.37. The van der Waals surface area contributed by atoms with E-state index in [1.165, 1.54) is 0 Å². The fourth-order valence-corrected chi connectivity index (χ4v) is 3.37. The Balaban J connectivity index is 0.000000692. The van der Waals surface area contributed by atoms with E-state index in [-0.39, 0.29) is 45.6 Å². The number of benzene rings is 4. The Labute approximate surface area is 198 Å². The van der Waals surface area contributed by atoms with Gasteiger partial charge in [-0.25, -0.2) is 0 Å². The summed E-state index contributed by atoms with van der Waals surface area (Å²) < 4.78 is 0. The van der Waals surface area contributed by atoms with Crippen LogP contribution >= 0.6 is 0 Å². The van der Waals surface area contributed by atoms with Crippen LogP contribution in [-0.4, -0.2) is 6.10 Å². The largest absolute Gasteiger partial charge is 4.00 e. The first-order valence-corrected chi connectivity index (χ1v) is 9.35. The first-order valence-electron chi connectivity index (χ1n) is 9.35. The summed E-state index contributed by atoms with van der Waals surface area (Å²) in [5, 5.41) is 38.4. The van der Waals surface area contributed by atoms with Crippen LogP contribution in [-0.2, 0) is 21.7 Å². The number of rotatable bonds is 1. The smallest absolute Gasteiger partial charge is 1.00 e. The van der Waals surface area contributed by atoms with Crippen LogP contribution in [0.2, 0.25) is 0 Å². The van der Waals surface area contributed by atoms with E-state index >= 15 is 0 Å². The molecule has 0 atom stereocenters. The topological polar surface area (TPSA) is 69.2 Å². The molecule has 0 saturated carbocycles. The van der Waals surface area contributed by atoms with Crippen LogP contribution in [0.5, 0.6) is 11.5 Å². The van der Waals surface area contributed by atoms with Crippen LogP contribution in [0.1, 0.15) is 25.0 Å². The molecule has 4 aromatic rings. The minimum atomic E-state index is -0.417. The molecule has 4 rings (SSSR count). The summed E-state index contributed by atoms with van der Waals surface area (Å²) in [5.74, 6) is -0.229. The quantitative estimate of drug-likeness (QED) is 0.406. The Morgan fingerprint density at radius 2 is 0.967 bits per heavy atom. The number of halogens is 1. The van der Waals surface area contributed by atoms with E-state index in [2.05, 4.69) is 0 Å². The number of aryl methyl sites for hydroxylation is 2. The third kappa shape index (κ3) is 5.56.